The summed E-state index contributed by atoms with van der Waals surface area (Å²) < 4.78 is 5.35. The fourth-order valence-corrected chi connectivity index (χ4v) is 2.11. The number of fused-ring (bicyclic) bond motifs is 1. The molecule has 0 saturated heterocycles. The van der Waals surface area contributed by atoms with Gasteiger partial charge in [0, 0.05) is 17.7 Å². The van der Waals surface area contributed by atoms with Crippen LogP contribution in [0.15, 0.2) is 39.5 Å². The molecule has 3 aromatic rings. The summed E-state index contributed by atoms with van der Waals surface area (Å²) in [5.41, 5.74) is -0.763. The number of aromatic hydroxyl groups is 5. The lowest BCUT2D eigenvalue weighted by atomic mass is 10.1. The first-order valence-electron chi connectivity index (χ1n) is 6.12. The van der Waals surface area contributed by atoms with Gasteiger partial charge in [0.05, 0.1) is 0 Å². The van der Waals surface area contributed by atoms with Crippen LogP contribution in [0.25, 0.3) is 22.3 Å². The van der Waals surface area contributed by atoms with E-state index in [0.29, 0.717) is 0 Å². The Morgan fingerprint density at radius 2 is 1.50 bits per heavy atom. The third-order valence-corrected chi connectivity index (χ3v) is 3.19. The van der Waals surface area contributed by atoms with E-state index in [1.54, 1.807) is 0 Å². The van der Waals surface area contributed by atoms with Crippen molar-refractivity contribution in [3.8, 4) is 40.1 Å². The molecule has 1 aromatic heterocycles. The highest BCUT2D eigenvalue weighted by Crippen LogP contribution is 2.40. The second-order valence-electron chi connectivity index (χ2n) is 4.65. The van der Waals surface area contributed by atoms with Gasteiger partial charge in [-0.2, -0.15) is 0 Å². The van der Waals surface area contributed by atoms with Crippen molar-refractivity contribution in [2.75, 3.05) is 0 Å². The molecule has 7 heteroatoms. The van der Waals surface area contributed by atoms with Crippen LogP contribution in [0.5, 0.6) is 28.7 Å². The van der Waals surface area contributed by atoms with E-state index in [-0.39, 0.29) is 28.0 Å². The van der Waals surface area contributed by atoms with Crippen LogP contribution in [-0.2, 0) is 0 Å². The fourth-order valence-electron chi connectivity index (χ4n) is 2.11. The van der Waals surface area contributed by atoms with Crippen molar-refractivity contribution in [2.24, 2.45) is 0 Å². The van der Waals surface area contributed by atoms with Crippen molar-refractivity contribution >= 4 is 11.0 Å². The van der Waals surface area contributed by atoms with E-state index in [2.05, 4.69) is 0 Å². The van der Waals surface area contributed by atoms with Gasteiger partial charge in [0.15, 0.2) is 28.3 Å². The third kappa shape index (κ3) is 1.96. The van der Waals surface area contributed by atoms with E-state index in [1.807, 2.05) is 0 Å². The Labute approximate surface area is 122 Å². The molecule has 0 aliphatic heterocycles. The number of hydrogen-bond acceptors (Lipinski definition) is 7. The van der Waals surface area contributed by atoms with Crippen LogP contribution in [0.1, 0.15) is 0 Å². The zero-order valence-electron chi connectivity index (χ0n) is 10.9. The first-order valence-corrected chi connectivity index (χ1v) is 6.12. The van der Waals surface area contributed by atoms with Gasteiger partial charge < -0.3 is 29.9 Å². The molecule has 7 nitrogen and oxygen atoms in total. The molecule has 0 spiro atoms. The Bertz CT molecular complexity index is 956. The fraction of sp³-hybridized carbons (Fsp3) is 0. The van der Waals surface area contributed by atoms with Gasteiger partial charge in [0.25, 0.3) is 0 Å². The molecule has 2 aromatic carbocycles. The standard InChI is InChI=1S/C15H10O7/c16-7-2-1-6(3-8(7)17)12-5-10(19)13-9(18)4-11(20)14(21)15(13)22-12/h1-5,16-18,20-21H. The summed E-state index contributed by atoms with van der Waals surface area (Å²) in [5, 5.41) is 47.5. The molecule has 0 unspecified atom stereocenters. The summed E-state index contributed by atoms with van der Waals surface area (Å²) in [4.78, 5) is 12.1. The van der Waals surface area contributed by atoms with Crippen molar-refractivity contribution in [3.63, 3.8) is 0 Å². The lowest BCUT2D eigenvalue weighted by molar-refractivity contribution is 0.394. The highest BCUT2D eigenvalue weighted by molar-refractivity contribution is 5.91. The van der Waals surface area contributed by atoms with Gasteiger partial charge in [-0.1, -0.05) is 0 Å². The van der Waals surface area contributed by atoms with Crippen molar-refractivity contribution < 1.29 is 29.9 Å². The number of phenolic OH excluding ortho intramolecular Hbond substituents is 5. The van der Waals surface area contributed by atoms with Crippen LogP contribution < -0.4 is 5.43 Å². The molecular formula is C15H10O7. The molecule has 0 amide bonds. The predicted molar refractivity (Wildman–Crippen MR) is 76.2 cm³/mol. The number of hydrogen-bond donors (Lipinski definition) is 5. The molecule has 3 rings (SSSR count). The van der Waals surface area contributed by atoms with Crippen molar-refractivity contribution in [1.29, 1.82) is 0 Å². The monoisotopic (exact) mass is 302 g/mol. The van der Waals surface area contributed by atoms with Crippen LogP contribution >= 0.6 is 0 Å². The van der Waals surface area contributed by atoms with Gasteiger partial charge in [-0.3, -0.25) is 4.79 Å². The van der Waals surface area contributed by atoms with E-state index in [4.69, 9.17) is 4.42 Å². The van der Waals surface area contributed by atoms with Gasteiger partial charge in [-0.05, 0) is 18.2 Å². The molecule has 0 aliphatic rings. The topological polar surface area (TPSA) is 131 Å². The van der Waals surface area contributed by atoms with Crippen molar-refractivity contribution in [1.82, 2.24) is 0 Å². The lowest BCUT2D eigenvalue weighted by Gasteiger charge is -2.08. The molecule has 22 heavy (non-hydrogen) atoms. The normalized spacial score (nSPS) is 10.9. The number of benzene rings is 2. The molecular weight excluding hydrogens is 292 g/mol. The van der Waals surface area contributed by atoms with Gasteiger partial charge in [0.1, 0.15) is 16.9 Å². The Kier molecular flexibility index (Phi) is 2.84. The minimum absolute atomic E-state index is 0.0203. The smallest absolute Gasteiger partial charge is 0.202 e. The minimum Gasteiger partial charge on any atom is -0.507 e. The maximum Gasteiger partial charge on any atom is 0.202 e. The summed E-state index contributed by atoms with van der Waals surface area (Å²) in [5.74, 6) is -2.63. The summed E-state index contributed by atoms with van der Waals surface area (Å²) in [7, 11) is 0. The first kappa shape index (κ1) is 13.6. The van der Waals surface area contributed by atoms with Gasteiger partial charge in [-0.25, -0.2) is 0 Å². The number of rotatable bonds is 1. The Morgan fingerprint density at radius 1 is 0.773 bits per heavy atom. The Hall–Kier alpha value is -3.35. The van der Waals surface area contributed by atoms with Crippen molar-refractivity contribution in [3.05, 3.63) is 40.6 Å². The maximum absolute atomic E-state index is 12.1. The van der Waals surface area contributed by atoms with E-state index in [9.17, 15) is 30.3 Å². The van der Waals surface area contributed by atoms with Gasteiger partial charge in [0.2, 0.25) is 5.75 Å². The molecule has 0 fully saturated rings. The Morgan fingerprint density at radius 3 is 2.18 bits per heavy atom. The van der Waals surface area contributed by atoms with E-state index in [0.717, 1.165) is 12.1 Å². The predicted octanol–water partition coefficient (Wildman–Crippen LogP) is 1.99. The van der Waals surface area contributed by atoms with Gasteiger partial charge >= 0.3 is 0 Å². The van der Waals surface area contributed by atoms with Crippen LogP contribution in [0.2, 0.25) is 0 Å². The SMILES string of the molecule is O=c1cc(-c2ccc(O)c(O)c2)oc2c(O)c(O)cc(O)c12. The molecule has 0 aliphatic carbocycles. The van der Waals surface area contributed by atoms with E-state index >= 15 is 0 Å². The summed E-state index contributed by atoms with van der Waals surface area (Å²) in [6.07, 6.45) is 0. The highest BCUT2D eigenvalue weighted by atomic mass is 16.4. The Balaban J connectivity index is 2.35. The van der Waals surface area contributed by atoms with E-state index < -0.39 is 28.4 Å². The lowest BCUT2D eigenvalue weighted by Crippen LogP contribution is -2.01. The zero-order valence-corrected chi connectivity index (χ0v) is 10.9. The summed E-state index contributed by atoms with van der Waals surface area (Å²) in [6, 6.07) is 5.65. The molecule has 0 saturated carbocycles. The largest absolute Gasteiger partial charge is 0.507 e. The van der Waals surface area contributed by atoms with Gasteiger partial charge in [-0.15, -0.1) is 0 Å². The van der Waals surface area contributed by atoms with Crippen LogP contribution in [0.4, 0.5) is 0 Å². The van der Waals surface area contributed by atoms with Crippen LogP contribution in [0.3, 0.4) is 0 Å². The average molecular weight is 302 g/mol. The molecule has 1 heterocycles. The van der Waals surface area contributed by atoms with Crippen molar-refractivity contribution in [2.45, 2.75) is 0 Å². The van der Waals surface area contributed by atoms with Crippen LogP contribution in [0, 0.1) is 0 Å². The molecule has 0 bridgehead atoms. The summed E-state index contributed by atoms with van der Waals surface area (Å²) >= 11 is 0. The molecule has 0 atom stereocenters. The third-order valence-electron chi connectivity index (χ3n) is 3.19. The second kappa shape index (κ2) is 4.59. The maximum atomic E-state index is 12.1. The quantitative estimate of drug-likeness (QED) is 0.343. The average Bonchev–Trinajstić information content (AvgIpc) is 2.47. The van der Waals surface area contributed by atoms with Crippen LogP contribution in [-0.4, -0.2) is 25.5 Å². The minimum atomic E-state index is -0.685. The zero-order chi connectivity index (χ0) is 16.0. The molecule has 5 N–H and O–H groups in total. The summed E-state index contributed by atoms with van der Waals surface area (Å²) in [6.45, 7) is 0. The molecule has 0 radical (unpaired) electrons. The highest BCUT2D eigenvalue weighted by Gasteiger charge is 2.18. The first-order chi connectivity index (χ1) is 10.4. The number of phenols is 5. The molecule has 112 valence electrons. The van der Waals surface area contributed by atoms with E-state index in [1.165, 1.54) is 18.2 Å². The second-order valence-corrected chi connectivity index (χ2v) is 4.65.